The van der Waals surface area contributed by atoms with Gasteiger partial charge < -0.3 is 0 Å². The Kier molecular flexibility index (Phi) is 2.27. The smallest absolute Gasteiger partial charge is 0.0505 e. The van der Waals surface area contributed by atoms with Gasteiger partial charge in [0.2, 0.25) is 0 Å². The van der Waals surface area contributed by atoms with Gasteiger partial charge in [-0.3, -0.25) is 0 Å². The first kappa shape index (κ1) is 9.95. The van der Waals surface area contributed by atoms with Gasteiger partial charge in [0.1, 0.15) is 0 Å². The predicted octanol–water partition coefficient (Wildman–Crippen LogP) is 5.30. The van der Waals surface area contributed by atoms with E-state index in [2.05, 4.69) is 18.2 Å². The SMILES string of the molecule is Clc1cccc2c1c(Cl)cc1ccccc12. The molecule has 3 aromatic rings. The zero-order valence-corrected chi connectivity index (χ0v) is 9.89. The maximum absolute atomic E-state index is 6.26. The molecule has 0 aliphatic rings. The highest BCUT2D eigenvalue weighted by atomic mass is 35.5. The first-order chi connectivity index (χ1) is 7.77. The van der Waals surface area contributed by atoms with E-state index in [0.29, 0.717) is 10.0 Å². The van der Waals surface area contributed by atoms with Gasteiger partial charge in [-0.05, 0) is 28.3 Å². The van der Waals surface area contributed by atoms with Crippen LogP contribution in [0.2, 0.25) is 10.0 Å². The average molecular weight is 247 g/mol. The molecule has 0 saturated carbocycles. The molecule has 3 rings (SSSR count). The van der Waals surface area contributed by atoms with Crippen LogP contribution in [-0.2, 0) is 0 Å². The Morgan fingerprint density at radius 3 is 2.31 bits per heavy atom. The monoisotopic (exact) mass is 246 g/mol. The highest BCUT2D eigenvalue weighted by molar-refractivity contribution is 6.43. The summed E-state index contributed by atoms with van der Waals surface area (Å²) in [6.07, 6.45) is 0. The van der Waals surface area contributed by atoms with Gasteiger partial charge in [0.15, 0.2) is 0 Å². The lowest BCUT2D eigenvalue weighted by atomic mass is 10.0. The fourth-order valence-electron chi connectivity index (χ4n) is 2.07. The maximum atomic E-state index is 6.26. The Hall–Kier alpha value is -1.24. The quantitative estimate of drug-likeness (QED) is 0.473. The summed E-state index contributed by atoms with van der Waals surface area (Å²) in [5.41, 5.74) is 0. The Bertz CT molecular complexity index is 687. The molecular weight excluding hydrogens is 239 g/mol. The van der Waals surface area contributed by atoms with Crippen molar-refractivity contribution in [2.75, 3.05) is 0 Å². The number of benzene rings is 3. The first-order valence-corrected chi connectivity index (χ1v) is 5.78. The van der Waals surface area contributed by atoms with Crippen molar-refractivity contribution in [1.82, 2.24) is 0 Å². The van der Waals surface area contributed by atoms with Crippen LogP contribution in [0, 0.1) is 0 Å². The zero-order valence-electron chi connectivity index (χ0n) is 8.37. The second kappa shape index (κ2) is 3.65. The van der Waals surface area contributed by atoms with Crippen LogP contribution in [-0.4, -0.2) is 0 Å². The summed E-state index contributed by atoms with van der Waals surface area (Å²) in [6, 6.07) is 16.0. The Morgan fingerprint density at radius 2 is 1.44 bits per heavy atom. The lowest BCUT2D eigenvalue weighted by molar-refractivity contribution is 1.76. The molecular formula is C14H8Cl2. The van der Waals surface area contributed by atoms with E-state index in [1.165, 1.54) is 5.39 Å². The third-order valence-electron chi connectivity index (χ3n) is 2.79. The van der Waals surface area contributed by atoms with Gasteiger partial charge in [0.05, 0.1) is 5.02 Å². The second-order valence-electron chi connectivity index (χ2n) is 3.74. The maximum Gasteiger partial charge on any atom is 0.0505 e. The van der Waals surface area contributed by atoms with Gasteiger partial charge in [-0.25, -0.2) is 0 Å². The van der Waals surface area contributed by atoms with Crippen molar-refractivity contribution in [3.05, 3.63) is 58.6 Å². The predicted molar refractivity (Wildman–Crippen MR) is 71.5 cm³/mol. The van der Waals surface area contributed by atoms with E-state index in [-0.39, 0.29) is 0 Å². The molecule has 0 amide bonds. The summed E-state index contributed by atoms with van der Waals surface area (Å²) in [6.45, 7) is 0. The normalized spacial score (nSPS) is 11.1. The van der Waals surface area contributed by atoms with Crippen LogP contribution in [0.15, 0.2) is 48.5 Å². The fraction of sp³-hybridized carbons (Fsp3) is 0. The molecule has 0 spiro atoms. The van der Waals surface area contributed by atoms with E-state index in [4.69, 9.17) is 23.2 Å². The summed E-state index contributed by atoms with van der Waals surface area (Å²) in [7, 11) is 0. The standard InChI is InChI=1S/C14H8Cl2/c15-12-7-3-6-11-10-5-2-1-4-9(10)8-13(16)14(11)12/h1-8H. The molecule has 0 aliphatic carbocycles. The topological polar surface area (TPSA) is 0 Å². The van der Waals surface area contributed by atoms with Crippen molar-refractivity contribution in [3.8, 4) is 0 Å². The summed E-state index contributed by atoms with van der Waals surface area (Å²) in [5, 5.41) is 5.78. The largest absolute Gasteiger partial charge is 0.0836 e. The molecule has 0 atom stereocenters. The molecule has 0 radical (unpaired) electrons. The van der Waals surface area contributed by atoms with Crippen LogP contribution < -0.4 is 0 Å². The van der Waals surface area contributed by atoms with E-state index < -0.39 is 0 Å². The molecule has 0 fully saturated rings. The molecule has 0 bridgehead atoms. The van der Waals surface area contributed by atoms with E-state index in [0.717, 1.165) is 16.2 Å². The molecule has 0 aliphatic heterocycles. The average Bonchev–Trinajstić information content (AvgIpc) is 2.29. The molecule has 0 heterocycles. The van der Waals surface area contributed by atoms with E-state index in [9.17, 15) is 0 Å². The molecule has 0 nitrogen and oxygen atoms in total. The lowest BCUT2D eigenvalue weighted by Gasteiger charge is -2.07. The number of rotatable bonds is 0. The van der Waals surface area contributed by atoms with Crippen LogP contribution >= 0.6 is 23.2 Å². The Balaban J connectivity index is 2.65. The minimum atomic E-state index is 0.702. The van der Waals surface area contributed by atoms with Crippen molar-refractivity contribution >= 4 is 44.7 Å². The second-order valence-corrected chi connectivity index (χ2v) is 4.56. The molecule has 16 heavy (non-hydrogen) atoms. The van der Waals surface area contributed by atoms with Crippen molar-refractivity contribution in [1.29, 1.82) is 0 Å². The van der Waals surface area contributed by atoms with Crippen LogP contribution in [0.1, 0.15) is 0 Å². The van der Waals surface area contributed by atoms with Crippen molar-refractivity contribution in [3.63, 3.8) is 0 Å². The fourth-order valence-corrected chi connectivity index (χ4v) is 2.71. The van der Waals surface area contributed by atoms with Gasteiger partial charge in [-0.2, -0.15) is 0 Å². The van der Waals surface area contributed by atoms with E-state index in [1.54, 1.807) is 0 Å². The Labute approximate surface area is 103 Å². The summed E-state index contributed by atoms with van der Waals surface area (Å²) in [4.78, 5) is 0. The molecule has 78 valence electrons. The van der Waals surface area contributed by atoms with Gasteiger partial charge >= 0.3 is 0 Å². The zero-order chi connectivity index (χ0) is 11.1. The lowest BCUT2D eigenvalue weighted by Crippen LogP contribution is -1.80. The third kappa shape index (κ3) is 1.38. The molecule has 0 N–H and O–H groups in total. The number of hydrogen-bond acceptors (Lipinski definition) is 0. The minimum absolute atomic E-state index is 0.702. The summed E-state index contributed by atoms with van der Waals surface area (Å²) >= 11 is 12.4. The summed E-state index contributed by atoms with van der Waals surface area (Å²) in [5.74, 6) is 0. The minimum Gasteiger partial charge on any atom is -0.0836 e. The molecule has 2 heteroatoms. The van der Waals surface area contributed by atoms with Crippen molar-refractivity contribution in [2.45, 2.75) is 0 Å². The van der Waals surface area contributed by atoms with Gasteiger partial charge in [0.25, 0.3) is 0 Å². The van der Waals surface area contributed by atoms with Crippen molar-refractivity contribution < 1.29 is 0 Å². The summed E-state index contributed by atoms with van der Waals surface area (Å²) < 4.78 is 0. The number of halogens is 2. The number of hydrogen-bond donors (Lipinski definition) is 0. The Morgan fingerprint density at radius 1 is 0.688 bits per heavy atom. The molecule has 3 aromatic carbocycles. The van der Waals surface area contributed by atoms with E-state index >= 15 is 0 Å². The van der Waals surface area contributed by atoms with Gasteiger partial charge in [-0.15, -0.1) is 0 Å². The van der Waals surface area contributed by atoms with Gasteiger partial charge in [-0.1, -0.05) is 59.6 Å². The molecule has 0 unspecified atom stereocenters. The highest BCUT2D eigenvalue weighted by Crippen LogP contribution is 2.35. The van der Waals surface area contributed by atoms with Crippen LogP contribution in [0.3, 0.4) is 0 Å². The van der Waals surface area contributed by atoms with Crippen LogP contribution in [0.4, 0.5) is 0 Å². The third-order valence-corrected chi connectivity index (χ3v) is 3.40. The van der Waals surface area contributed by atoms with Gasteiger partial charge in [0, 0.05) is 10.4 Å². The van der Waals surface area contributed by atoms with E-state index in [1.807, 2.05) is 30.3 Å². The first-order valence-electron chi connectivity index (χ1n) is 5.03. The number of fused-ring (bicyclic) bond motifs is 3. The molecule has 0 saturated heterocycles. The van der Waals surface area contributed by atoms with Crippen molar-refractivity contribution in [2.24, 2.45) is 0 Å². The molecule has 0 aromatic heterocycles. The highest BCUT2D eigenvalue weighted by Gasteiger charge is 2.07. The van der Waals surface area contributed by atoms with Crippen LogP contribution in [0.5, 0.6) is 0 Å². The van der Waals surface area contributed by atoms with Crippen LogP contribution in [0.25, 0.3) is 21.5 Å².